The third-order valence-corrected chi connectivity index (χ3v) is 3.87. The van der Waals surface area contributed by atoms with E-state index < -0.39 is 11.6 Å². The molecular weight excluding hydrogens is 360 g/mol. The average Bonchev–Trinajstić information content (AvgIpc) is 2.74. The quantitative estimate of drug-likeness (QED) is 0.505. The van der Waals surface area contributed by atoms with Crippen molar-refractivity contribution < 1.29 is 14.3 Å². The van der Waals surface area contributed by atoms with Crippen molar-refractivity contribution in [1.82, 2.24) is 15.4 Å². The van der Waals surface area contributed by atoms with Crippen molar-refractivity contribution in [1.29, 1.82) is 0 Å². The van der Waals surface area contributed by atoms with E-state index in [9.17, 15) is 9.59 Å². The summed E-state index contributed by atoms with van der Waals surface area (Å²) in [6.45, 7) is 0. The van der Waals surface area contributed by atoms with Crippen LogP contribution in [0.4, 0.5) is 0 Å². The van der Waals surface area contributed by atoms with Gasteiger partial charge in [-0.15, -0.1) is 0 Å². The zero-order valence-corrected chi connectivity index (χ0v) is 15.3. The van der Waals surface area contributed by atoms with Crippen molar-refractivity contribution in [3.63, 3.8) is 0 Å². The van der Waals surface area contributed by atoms with Gasteiger partial charge in [0.1, 0.15) is 17.2 Å². The molecule has 0 unspecified atom stereocenters. The van der Waals surface area contributed by atoms with Gasteiger partial charge in [-0.1, -0.05) is 30.3 Å². The van der Waals surface area contributed by atoms with E-state index in [0.717, 1.165) is 5.56 Å². The van der Waals surface area contributed by atoms with Gasteiger partial charge < -0.3 is 14.5 Å². The van der Waals surface area contributed by atoms with Crippen molar-refractivity contribution in [2.75, 3.05) is 14.2 Å². The van der Waals surface area contributed by atoms with Gasteiger partial charge in [0.25, 0.3) is 5.91 Å². The minimum absolute atomic E-state index is 0.0534. The Labute approximate surface area is 160 Å². The molecule has 2 N–H and O–H groups in total. The first kappa shape index (κ1) is 18.8. The standard InChI is InChI=1S/C20H18N4O4/c1-27-15-9-8-14(18(10-15)28-2)12-21-24-19(25)17-11-16(22-20(26)23-17)13-6-4-3-5-7-13/h3-12H,1-2H3,(H,24,25)(H,22,23,26)/b21-12+. The number of carbonyl (C=O) groups is 1. The van der Waals surface area contributed by atoms with Crippen LogP contribution in [0.2, 0.25) is 0 Å². The molecule has 0 saturated carbocycles. The molecule has 28 heavy (non-hydrogen) atoms. The van der Waals surface area contributed by atoms with E-state index in [4.69, 9.17) is 9.47 Å². The molecule has 3 aromatic rings. The lowest BCUT2D eigenvalue weighted by Gasteiger charge is -2.07. The van der Waals surface area contributed by atoms with Crippen LogP contribution in [0.25, 0.3) is 11.3 Å². The van der Waals surface area contributed by atoms with E-state index >= 15 is 0 Å². The van der Waals surface area contributed by atoms with Crippen LogP contribution in [0.3, 0.4) is 0 Å². The third-order valence-electron chi connectivity index (χ3n) is 3.87. The zero-order valence-electron chi connectivity index (χ0n) is 15.3. The highest BCUT2D eigenvalue weighted by molar-refractivity contribution is 5.94. The number of hydrogen-bond acceptors (Lipinski definition) is 6. The van der Waals surface area contributed by atoms with Crippen LogP contribution in [0.1, 0.15) is 16.1 Å². The van der Waals surface area contributed by atoms with Gasteiger partial charge in [-0.3, -0.25) is 4.79 Å². The summed E-state index contributed by atoms with van der Waals surface area (Å²) >= 11 is 0. The smallest absolute Gasteiger partial charge is 0.346 e. The molecule has 1 aromatic heterocycles. The Morgan fingerprint density at radius 3 is 2.61 bits per heavy atom. The fraction of sp³-hybridized carbons (Fsp3) is 0.100. The molecule has 2 aromatic carbocycles. The van der Waals surface area contributed by atoms with Crippen molar-refractivity contribution >= 4 is 12.1 Å². The number of rotatable bonds is 6. The van der Waals surface area contributed by atoms with Gasteiger partial charge in [-0.25, -0.2) is 10.2 Å². The second kappa shape index (κ2) is 8.63. The lowest BCUT2D eigenvalue weighted by atomic mass is 10.1. The van der Waals surface area contributed by atoms with E-state index in [-0.39, 0.29) is 5.69 Å². The van der Waals surface area contributed by atoms with Gasteiger partial charge in [-0.05, 0) is 18.2 Å². The first-order valence-electron chi connectivity index (χ1n) is 8.33. The predicted molar refractivity (Wildman–Crippen MR) is 105 cm³/mol. The maximum absolute atomic E-state index is 12.4. The number of benzene rings is 2. The molecule has 8 heteroatoms. The Morgan fingerprint density at radius 1 is 1.11 bits per heavy atom. The summed E-state index contributed by atoms with van der Waals surface area (Å²) in [4.78, 5) is 30.5. The lowest BCUT2D eigenvalue weighted by Crippen LogP contribution is -2.24. The number of amides is 1. The molecular formula is C20H18N4O4. The number of carbonyl (C=O) groups excluding carboxylic acids is 1. The maximum Gasteiger partial charge on any atom is 0.346 e. The molecule has 0 atom stereocenters. The van der Waals surface area contributed by atoms with Gasteiger partial charge in [0.15, 0.2) is 0 Å². The molecule has 0 fully saturated rings. The van der Waals surface area contributed by atoms with Gasteiger partial charge in [-0.2, -0.15) is 10.1 Å². The lowest BCUT2D eigenvalue weighted by molar-refractivity contribution is 0.0949. The normalized spacial score (nSPS) is 10.6. The Kier molecular flexibility index (Phi) is 5.81. The minimum atomic E-state index is -0.618. The van der Waals surface area contributed by atoms with Crippen molar-refractivity contribution in [2.24, 2.45) is 5.10 Å². The second-order valence-corrected chi connectivity index (χ2v) is 5.66. The Hall–Kier alpha value is -3.94. The number of nitrogens with zero attached hydrogens (tertiary/aromatic N) is 2. The van der Waals surface area contributed by atoms with Gasteiger partial charge in [0.2, 0.25) is 0 Å². The molecule has 0 saturated heterocycles. The maximum atomic E-state index is 12.4. The molecule has 0 radical (unpaired) electrons. The number of nitrogens with one attached hydrogen (secondary N) is 2. The van der Waals surface area contributed by atoms with Crippen LogP contribution in [0.5, 0.6) is 11.5 Å². The highest BCUT2D eigenvalue weighted by Crippen LogP contribution is 2.23. The highest BCUT2D eigenvalue weighted by Gasteiger charge is 2.10. The molecule has 8 nitrogen and oxygen atoms in total. The molecule has 0 aliphatic rings. The number of methoxy groups -OCH3 is 2. The molecule has 142 valence electrons. The summed E-state index contributed by atoms with van der Waals surface area (Å²) in [6, 6.07) is 15.8. The molecule has 0 aliphatic carbocycles. The summed E-state index contributed by atoms with van der Waals surface area (Å²) in [5, 5.41) is 3.93. The van der Waals surface area contributed by atoms with Crippen LogP contribution in [-0.2, 0) is 0 Å². The summed E-state index contributed by atoms with van der Waals surface area (Å²) in [7, 11) is 3.08. The number of hydrogen-bond donors (Lipinski definition) is 2. The van der Waals surface area contributed by atoms with E-state index in [1.54, 1.807) is 37.4 Å². The van der Waals surface area contributed by atoms with Gasteiger partial charge >= 0.3 is 5.69 Å². The van der Waals surface area contributed by atoms with Crippen molar-refractivity contribution in [3.05, 3.63) is 76.3 Å². The number of H-pyrrole nitrogens is 1. The molecule has 0 bridgehead atoms. The fourth-order valence-corrected chi connectivity index (χ4v) is 2.48. The molecule has 0 aliphatic heterocycles. The number of aromatic nitrogens is 2. The van der Waals surface area contributed by atoms with Crippen LogP contribution < -0.4 is 20.6 Å². The zero-order chi connectivity index (χ0) is 19.9. The minimum Gasteiger partial charge on any atom is -0.497 e. The Bertz CT molecular complexity index is 1060. The summed E-state index contributed by atoms with van der Waals surface area (Å²) in [5.41, 5.74) is 3.59. The van der Waals surface area contributed by atoms with Crippen LogP contribution in [-0.4, -0.2) is 36.3 Å². The summed E-state index contributed by atoms with van der Waals surface area (Å²) in [5.74, 6) is 0.613. The number of aromatic amines is 1. The topological polar surface area (TPSA) is 106 Å². The Morgan fingerprint density at radius 2 is 1.89 bits per heavy atom. The molecule has 0 spiro atoms. The van der Waals surface area contributed by atoms with Crippen LogP contribution in [0, 0.1) is 0 Å². The van der Waals surface area contributed by atoms with E-state index in [1.807, 2.05) is 18.2 Å². The third kappa shape index (κ3) is 4.42. The first-order valence-corrected chi connectivity index (χ1v) is 8.33. The van der Waals surface area contributed by atoms with E-state index in [0.29, 0.717) is 22.8 Å². The highest BCUT2D eigenvalue weighted by atomic mass is 16.5. The van der Waals surface area contributed by atoms with E-state index in [2.05, 4.69) is 20.5 Å². The monoisotopic (exact) mass is 378 g/mol. The molecule has 1 amide bonds. The van der Waals surface area contributed by atoms with Crippen LogP contribution in [0.15, 0.2) is 64.5 Å². The first-order chi connectivity index (χ1) is 13.6. The predicted octanol–water partition coefficient (Wildman–Crippen LogP) is 2.22. The van der Waals surface area contributed by atoms with Crippen molar-refractivity contribution in [3.8, 4) is 22.8 Å². The van der Waals surface area contributed by atoms with E-state index in [1.165, 1.54) is 19.4 Å². The van der Waals surface area contributed by atoms with Gasteiger partial charge in [0, 0.05) is 17.2 Å². The fourth-order valence-electron chi connectivity index (χ4n) is 2.48. The SMILES string of the molecule is COc1ccc(/C=N/NC(=O)c2cc(-c3ccccc3)nc(=O)[nH]2)c(OC)c1. The Balaban J connectivity index is 1.78. The molecule has 3 rings (SSSR count). The second-order valence-electron chi connectivity index (χ2n) is 5.66. The molecule has 1 heterocycles. The van der Waals surface area contributed by atoms with Crippen molar-refractivity contribution in [2.45, 2.75) is 0 Å². The van der Waals surface area contributed by atoms with Gasteiger partial charge in [0.05, 0.1) is 26.1 Å². The number of hydrazone groups is 1. The summed E-state index contributed by atoms with van der Waals surface area (Å²) in [6.07, 6.45) is 1.44. The largest absolute Gasteiger partial charge is 0.497 e. The van der Waals surface area contributed by atoms with Crippen LogP contribution >= 0.6 is 0 Å². The number of ether oxygens (including phenoxy) is 2. The summed E-state index contributed by atoms with van der Waals surface area (Å²) < 4.78 is 10.4. The average molecular weight is 378 g/mol.